The number of allylic oxidation sites excluding steroid dienone is 1. The predicted molar refractivity (Wildman–Crippen MR) is 97.8 cm³/mol. The van der Waals surface area contributed by atoms with Gasteiger partial charge in [0.15, 0.2) is 0 Å². The summed E-state index contributed by atoms with van der Waals surface area (Å²) in [4.78, 5) is 14.1. The van der Waals surface area contributed by atoms with E-state index in [-0.39, 0.29) is 0 Å². The van der Waals surface area contributed by atoms with Crippen LogP contribution in [0.5, 0.6) is 0 Å². The van der Waals surface area contributed by atoms with Crippen molar-refractivity contribution in [2.45, 2.75) is 32.7 Å². The second-order valence-corrected chi connectivity index (χ2v) is 6.38. The van der Waals surface area contributed by atoms with E-state index in [1.165, 1.54) is 6.42 Å². The first-order valence-corrected chi connectivity index (χ1v) is 8.27. The van der Waals surface area contributed by atoms with E-state index in [0.717, 1.165) is 35.5 Å². The van der Waals surface area contributed by atoms with Crippen LogP contribution in [-0.4, -0.2) is 41.1 Å². The molecular weight excluding hydrogens is 300 g/mol. The summed E-state index contributed by atoms with van der Waals surface area (Å²) in [7, 11) is 2.13. The molecule has 3 rings (SSSR count). The van der Waals surface area contributed by atoms with Crippen molar-refractivity contribution in [2.75, 3.05) is 25.0 Å². The number of H-pyrrole nitrogens is 1. The van der Waals surface area contributed by atoms with Crippen LogP contribution in [0.1, 0.15) is 26.7 Å². The fraction of sp³-hybridized carbons (Fsp3) is 0.500. The number of fused-ring (bicyclic) bond motifs is 1. The molecule has 0 radical (unpaired) electrons. The summed E-state index contributed by atoms with van der Waals surface area (Å²) in [6.45, 7) is 9.82. The van der Waals surface area contributed by atoms with Gasteiger partial charge in [0.05, 0.1) is 17.9 Å². The monoisotopic (exact) mass is 326 g/mol. The highest BCUT2D eigenvalue weighted by Crippen LogP contribution is 2.26. The SMILES string of the molecule is C=C(C)CC#N.C[C@@H]1CCNC[C@@H]1N(C)c1ncnc2[nH]ccc12. The molecule has 2 N–H and O–H groups in total. The Hall–Kier alpha value is -2.39. The van der Waals surface area contributed by atoms with Gasteiger partial charge in [-0.3, -0.25) is 0 Å². The molecule has 24 heavy (non-hydrogen) atoms. The minimum absolute atomic E-state index is 0.486. The van der Waals surface area contributed by atoms with Gasteiger partial charge in [0.1, 0.15) is 17.8 Å². The van der Waals surface area contributed by atoms with Crippen molar-refractivity contribution >= 4 is 16.9 Å². The number of nitrogens with zero attached hydrogens (tertiary/aromatic N) is 4. The van der Waals surface area contributed by atoms with E-state index in [9.17, 15) is 0 Å². The number of aromatic nitrogens is 3. The zero-order valence-electron chi connectivity index (χ0n) is 14.7. The number of rotatable bonds is 3. The summed E-state index contributed by atoms with van der Waals surface area (Å²) in [5.74, 6) is 1.70. The maximum Gasteiger partial charge on any atom is 0.142 e. The van der Waals surface area contributed by atoms with Crippen LogP contribution < -0.4 is 10.2 Å². The van der Waals surface area contributed by atoms with Crippen molar-refractivity contribution < 1.29 is 0 Å². The molecule has 6 nitrogen and oxygen atoms in total. The van der Waals surface area contributed by atoms with Gasteiger partial charge in [-0.2, -0.15) is 5.26 Å². The topological polar surface area (TPSA) is 80.6 Å². The number of aromatic amines is 1. The van der Waals surface area contributed by atoms with Crippen LogP contribution in [0.25, 0.3) is 11.0 Å². The Kier molecular flexibility index (Phi) is 6.33. The molecule has 6 heteroatoms. The molecule has 0 saturated carbocycles. The van der Waals surface area contributed by atoms with Gasteiger partial charge in [-0.05, 0) is 31.9 Å². The Morgan fingerprint density at radius 3 is 2.92 bits per heavy atom. The van der Waals surface area contributed by atoms with Crippen LogP contribution >= 0.6 is 0 Å². The third kappa shape index (κ3) is 4.33. The first kappa shape index (κ1) is 18.0. The molecule has 0 aliphatic carbocycles. The van der Waals surface area contributed by atoms with Gasteiger partial charge >= 0.3 is 0 Å². The van der Waals surface area contributed by atoms with Crippen molar-refractivity contribution in [3.8, 4) is 6.07 Å². The Balaban J connectivity index is 0.000000301. The molecule has 0 bridgehead atoms. The van der Waals surface area contributed by atoms with E-state index in [1.54, 1.807) is 6.33 Å². The van der Waals surface area contributed by atoms with E-state index in [4.69, 9.17) is 5.26 Å². The zero-order valence-corrected chi connectivity index (χ0v) is 14.7. The Labute approximate surface area is 143 Å². The number of anilines is 1. The fourth-order valence-electron chi connectivity index (χ4n) is 2.92. The normalized spacial score (nSPS) is 19.9. The molecule has 1 aliphatic rings. The lowest BCUT2D eigenvalue weighted by Gasteiger charge is -2.37. The van der Waals surface area contributed by atoms with Gasteiger partial charge in [0.25, 0.3) is 0 Å². The molecule has 2 aromatic heterocycles. The lowest BCUT2D eigenvalue weighted by molar-refractivity contribution is 0.338. The smallest absolute Gasteiger partial charge is 0.142 e. The van der Waals surface area contributed by atoms with Gasteiger partial charge < -0.3 is 15.2 Å². The summed E-state index contributed by atoms with van der Waals surface area (Å²) >= 11 is 0. The first-order valence-electron chi connectivity index (χ1n) is 8.27. The maximum absolute atomic E-state index is 7.93. The summed E-state index contributed by atoms with van der Waals surface area (Å²) in [6, 6.07) is 4.50. The third-order valence-electron chi connectivity index (χ3n) is 4.33. The molecule has 1 fully saturated rings. The quantitative estimate of drug-likeness (QED) is 0.848. The minimum Gasteiger partial charge on any atom is -0.354 e. The molecule has 2 atom stereocenters. The van der Waals surface area contributed by atoms with Crippen LogP contribution in [0.4, 0.5) is 5.82 Å². The Morgan fingerprint density at radius 1 is 1.50 bits per heavy atom. The maximum atomic E-state index is 7.93. The average Bonchev–Trinajstić information content (AvgIpc) is 3.03. The Bertz CT molecular complexity index is 714. The van der Waals surface area contributed by atoms with Crippen LogP contribution in [0.3, 0.4) is 0 Å². The second-order valence-electron chi connectivity index (χ2n) is 6.38. The molecule has 3 heterocycles. The fourth-order valence-corrected chi connectivity index (χ4v) is 2.92. The van der Waals surface area contributed by atoms with Gasteiger partial charge in [-0.15, -0.1) is 0 Å². The van der Waals surface area contributed by atoms with E-state index in [0.29, 0.717) is 18.4 Å². The van der Waals surface area contributed by atoms with Crippen molar-refractivity contribution in [2.24, 2.45) is 5.92 Å². The number of hydrogen-bond acceptors (Lipinski definition) is 5. The molecule has 2 aromatic rings. The van der Waals surface area contributed by atoms with Crippen molar-refractivity contribution in [1.82, 2.24) is 20.3 Å². The number of nitrogens with one attached hydrogen (secondary N) is 2. The minimum atomic E-state index is 0.486. The summed E-state index contributed by atoms with van der Waals surface area (Å²) < 4.78 is 0. The molecule has 0 amide bonds. The largest absolute Gasteiger partial charge is 0.354 e. The van der Waals surface area contributed by atoms with Crippen molar-refractivity contribution in [3.63, 3.8) is 0 Å². The first-order chi connectivity index (χ1) is 11.5. The average molecular weight is 326 g/mol. The standard InChI is InChI=1S/C13H19N5.C5H7N/c1-9-3-5-14-7-11(9)18(2)13-10-4-6-15-12(10)16-8-17-13;1-5(2)3-4-6/h4,6,8-9,11,14H,3,5,7H2,1-2H3,(H,15,16,17);1,3H2,2H3/t9-,11+;/m1./s1. The van der Waals surface area contributed by atoms with Crippen LogP contribution in [0, 0.1) is 17.2 Å². The molecule has 0 unspecified atom stereocenters. The van der Waals surface area contributed by atoms with Crippen LogP contribution in [-0.2, 0) is 0 Å². The van der Waals surface area contributed by atoms with Crippen LogP contribution in [0.2, 0.25) is 0 Å². The van der Waals surface area contributed by atoms with E-state index in [2.05, 4.69) is 45.7 Å². The summed E-state index contributed by atoms with van der Waals surface area (Å²) in [6.07, 6.45) is 5.25. The lowest BCUT2D eigenvalue weighted by atomic mass is 9.93. The number of nitriles is 1. The summed E-state index contributed by atoms with van der Waals surface area (Å²) in [5.41, 5.74) is 1.83. The highest BCUT2D eigenvalue weighted by Gasteiger charge is 2.26. The van der Waals surface area contributed by atoms with Crippen molar-refractivity contribution in [1.29, 1.82) is 5.26 Å². The summed E-state index contributed by atoms with van der Waals surface area (Å²) in [5, 5.41) is 12.5. The van der Waals surface area contributed by atoms with Gasteiger partial charge in [0.2, 0.25) is 0 Å². The van der Waals surface area contributed by atoms with Gasteiger partial charge in [-0.25, -0.2) is 9.97 Å². The molecular formula is C18H26N6. The van der Waals surface area contributed by atoms with E-state index < -0.39 is 0 Å². The molecule has 128 valence electrons. The van der Waals surface area contributed by atoms with Crippen molar-refractivity contribution in [3.05, 3.63) is 30.7 Å². The molecule has 0 spiro atoms. The predicted octanol–water partition coefficient (Wildman–Crippen LogP) is 2.87. The van der Waals surface area contributed by atoms with E-state index in [1.807, 2.05) is 25.3 Å². The van der Waals surface area contributed by atoms with Gasteiger partial charge in [0, 0.05) is 25.8 Å². The molecule has 1 saturated heterocycles. The van der Waals surface area contributed by atoms with Crippen LogP contribution in [0.15, 0.2) is 30.7 Å². The second kappa shape index (κ2) is 8.46. The number of piperidine rings is 1. The zero-order chi connectivity index (χ0) is 17.5. The molecule has 0 aromatic carbocycles. The number of hydrogen-bond donors (Lipinski definition) is 2. The Morgan fingerprint density at radius 2 is 2.29 bits per heavy atom. The third-order valence-corrected chi connectivity index (χ3v) is 4.33. The van der Waals surface area contributed by atoms with E-state index >= 15 is 0 Å². The van der Waals surface area contributed by atoms with Gasteiger partial charge in [-0.1, -0.05) is 19.1 Å². The lowest BCUT2D eigenvalue weighted by Crippen LogP contribution is -2.49. The highest BCUT2D eigenvalue weighted by molar-refractivity contribution is 5.87. The highest BCUT2D eigenvalue weighted by atomic mass is 15.2. The molecule has 1 aliphatic heterocycles. The number of likely N-dealkylation sites (N-methyl/N-ethyl adjacent to an activating group) is 1.